The Bertz CT molecular complexity index is 194. The molecule has 0 aliphatic carbocycles. The van der Waals surface area contributed by atoms with E-state index in [9.17, 15) is 9.59 Å². The van der Waals surface area contributed by atoms with Crippen LogP contribution in [0.3, 0.4) is 0 Å². The second kappa shape index (κ2) is 7.32. The molecule has 0 saturated heterocycles. The van der Waals surface area contributed by atoms with E-state index >= 15 is 0 Å². The highest BCUT2D eigenvalue weighted by molar-refractivity contribution is 5.82. The Hall–Kier alpha value is -1.10. The molecule has 0 bridgehead atoms. The van der Waals surface area contributed by atoms with Gasteiger partial charge in [0.05, 0.1) is 6.04 Å². The van der Waals surface area contributed by atoms with Crippen LogP contribution in [-0.2, 0) is 9.59 Å². The molecule has 1 atom stereocenters. The summed E-state index contributed by atoms with van der Waals surface area (Å²) in [4.78, 5) is 21.7. The fourth-order valence-corrected chi connectivity index (χ4v) is 1.05. The highest BCUT2D eigenvalue weighted by atomic mass is 16.4. The molecule has 0 saturated carbocycles. The first-order valence-electron chi connectivity index (χ1n) is 4.78. The van der Waals surface area contributed by atoms with Crippen LogP contribution in [0.5, 0.6) is 0 Å². The maximum atomic E-state index is 11.4. The first kappa shape index (κ1) is 12.9. The zero-order valence-corrected chi connectivity index (χ0v) is 8.67. The van der Waals surface area contributed by atoms with Gasteiger partial charge < -0.3 is 15.7 Å². The fourth-order valence-electron chi connectivity index (χ4n) is 1.05. The van der Waals surface area contributed by atoms with Crippen LogP contribution in [-0.4, -0.2) is 36.6 Å². The van der Waals surface area contributed by atoms with E-state index in [2.05, 4.69) is 10.6 Å². The van der Waals surface area contributed by atoms with Crippen molar-refractivity contribution in [1.82, 2.24) is 10.6 Å². The molecule has 14 heavy (non-hydrogen) atoms. The summed E-state index contributed by atoms with van der Waals surface area (Å²) >= 11 is 0. The summed E-state index contributed by atoms with van der Waals surface area (Å²) in [5, 5.41) is 14.0. The molecule has 3 N–H and O–H groups in total. The molecule has 0 spiro atoms. The third-order valence-electron chi connectivity index (χ3n) is 1.86. The first-order chi connectivity index (χ1) is 6.61. The van der Waals surface area contributed by atoms with Crippen molar-refractivity contribution in [2.45, 2.75) is 32.2 Å². The van der Waals surface area contributed by atoms with Crippen molar-refractivity contribution in [3.8, 4) is 0 Å². The predicted octanol–water partition coefficient (Wildman–Crippen LogP) is -0.0346. The van der Waals surface area contributed by atoms with Gasteiger partial charge in [-0.3, -0.25) is 9.59 Å². The van der Waals surface area contributed by atoms with Crippen LogP contribution in [0.4, 0.5) is 0 Å². The molecule has 1 unspecified atom stereocenters. The van der Waals surface area contributed by atoms with E-state index in [0.717, 1.165) is 6.42 Å². The van der Waals surface area contributed by atoms with Gasteiger partial charge >= 0.3 is 5.97 Å². The lowest BCUT2D eigenvalue weighted by Crippen LogP contribution is -2.43. The highest BCUT2D eigenvalue weighted by Crippen LogP contribution is 1.97. The van der Waals surface area contributed by atoms with Gasteiger partial charge in [-0.1, -0.05) is 6.92 Å². The van der Waals surface area contributed by atoms with Crippen LogP contribution in [0.25, 0.3) is 0 Å². The van der Waals surface area contributed by atoms with Crippen LogP contribution >= 0.6 is 0 Å². The Morgan fingerprint density at radius 1 is 1.43 bits per heavy atom. The molecule has 5 heteroatoms. The predicted molar refractivity (Wildman–Crippen MR) is 53.0 cm³/mol. The van der Waals surface area contributed by atoms with Crippen molar-refractivity contribution in [3.63, 3.8) is 0 Å². The van der Waals surface area contributed by atoms with Gasteiger partial charge in [-0.15, -0.1) is 0 Å². The lowest BCUT2D eigenvalue weighted by molar-refractivity contribution is -0.137. The van der Waals surface area contributed by atoms with E-state index < -0.39 is 12.0 Å². The third-order valence-corrected chi connectivity index (χ3v) is 1.86. The lowest BCUT2D eigenvalue weighted by atomic mass is 10.1. The molecule has 0 aromatic carbocycles. The second-order valence-electron chi connectivity index (χ2n) is 3.06. The minimum atomic E-state index is -0.881. The third kappa shape index (κ3) is 5.53. The van der Waals surface area contributed by atoms with E-state index in [0.29, 0.717) is 13.0 Å². The molecule has 0 aromatic rings. The Morgan fingerprint density at radius 2 is 2.07 bits per heavy atom. The van der Waals surface area contributed by atoms with Crippen molar-refractivity contribution >= 4 is 11.9 Å². The van der Waals surface area contributed by atoms with Crippen LogP contribution in [0.2, 0.25) is 0 Å². The maximum absolute atomic E-state index is 11.4. The Kier molecular flexibility index (Phi) is 6.74. The molecular weight excluding hydrogens is 184 g/mol. The van der Waals surface area contributed by atoms with Crippen molar-refractivity contribution in [2.24, 2.45) is 0 Å². The standard InChI is InChI=1S/C9H18N2O3/c1-3-6-11-9(14)7(10-2)4-5-8(12)13/h7,10H,3-6H2,1-2H3,(H,11,14)(H,12,13). The zero-order valence-electron chi connectivity index (χ0n) is 8.67. The summed E-state index contributed by atoms with van der Waals surface area (Å²) in [5.41, 5.74) is 0. The summed E-state index contributed by atoms with van der Waals surface area (Å²) in [5.74, 6) is -1.01. The maximum Gasteiger partial charge on any atom is 0.303 e. The summed E-state index contributed by atoms with van der Waals surface area (Å²) in [6, 6.07) is -0.405. The second-order valence-corrected chi connectivity index (χ2v) is 3.06. The van der Waals surface area contributed by atoms with Crippen LogP contribution in [0.15, 0.2) is 0 Å². The van der Waals surface area contributed by atoms with Crippen LogP contribution in [0.1, 0.15) is 26.2 Å². The van der Waals surface area contributed by atoms with Gasteiger partial charge in [0, 0.05) is 13.0 Å². The molecular formula is C9H18N2O3. The van der Waals surface area contributed by atoms with Gasteiger partial charge in [0.2, 0.25) is 5.91 Å². The van der Waals surface area contributed by atoms with Crippen LogP contribution in [0, 0.1) is 0 Å². The molecule has 0 aliphatic rings. The number of carbonyl (C=O) groups excluding carboxylic acids is 1. The van der Waals surface area contributed by atoms with Crippen molar-refractivity contribution in [3.05, 3.63) is 0 Å². The van der Waals surface area contributed by atoms with Gasteiger partial charge in [0.1, 0.15) is 0 Å². The summed E-state index contributed by atoms with van der Waals surface area (Å²) < 4.78 is 0. The minimum Gasteiger partial charge on any atom is -0.481 e. The van der Waals surface area contributed by atoms with Gasteiger partial charge in [-0.05, 0) is 19.9 Å². The highest BCUT2D eigenvalue weighted by Gasteiger charge is 2.16. The number of hydrogen-bond acceptors (Lipinski definition) is 3. The molecule has 5 nitrogen and oxygen atoms in total. The minimum absolute atomic E-state index is 0.00501. The largest absolute Gasteiger partial charge is 0.481 e. The smallest absolute Gasteiger partial charge is 0.303 e. The average molecular weight is 202 g/mol. The number of carboxylic acid groups (broad SMARTS) is 1. The molecule has 0 radical (unpaired) electrons. The van der Waals surface area contributed by atoms with Crippen molar-refractivity contribution in [1.29, 1.82) is 0 Å². The Morgan fingerprint density at radius 3 is 2.50 bits per heavy atom. The number of nitrogens with one attached hydrogen (secondary N) is 2. The number of carbonyl (C=O) groups is 2. The van der Waals surface area contributed by atoms with Crippen LogP contribution < -0.4 is 10.6 Å². The SMILES string of the molecule is CCCNC(=O)C(CCC(=O)O)NC. The van der Waals surface area contributed by atoms with E-state index in [1.54, 1.807) is 7.05 Å². The normalized spacial score (nSPS) is 12.1. The molecule has 0 rings (SSSR count). The van der Waals surface area contributed by atoms with E-state index in [-0.39, 0.29) is 12.3 Å². The van der Waals surface area contributed by atoms with Crippen molar-refractivity contribution < 1.29 is 14.7 Å². The summed E-state index contributed by atoms with van der Waals surface area (Å²) in [6.45, 7) is 2.59. The molecule has 82 valence electrons. The number of likely N-dealkylation sites (N-methyl/N-ethyl adjacent to an activating group) is 1. The topological polar surface area (TPSA) is 78.4 Å². The zero-order chi connectivity index (χ0) is 11.0. The first-order valence-corrected chi connectivity index (χ1v) is 4.78. The number of rotatable bonds is 7. The van der Waals surface area contributed by atoms with Gasteiger partial charge in [-0.25, -0.2) is 0 Å². The molecule has 0 aromatic heterocycles. The summed E-state index contributed by atoms with van der Waals surface area (Å²) in [6.07, 6.45) is 1.20. The molecule has 1 amide bonds. The lowest BCUT2D eigenvalue weighted by Gasteiger charge is -2.14. The Balaban J connectivity index is 3.86. The van der Waals surface area contributed by atoms with E-state index in [1.807, 2.05) is 6.92 Å². The number of amides is 1. The summed E-state index contributed by atoms with van der Waals surface area (Å²) in [7, 11) is 1.65. The molecule has 0 fully saturated rings. The van der Waals surface area contributed by atoms with Gasteiger partial charge in [0.15, 0.2) is 0 Å². The van der Waals surface area contributed by atoms with E-state index in [1.165, 1.54) is 0 Å². The fraction of sp³-hybridized carbons (Fsp3) is 0.778. The monoisotopic (exact) mass is 202 g/mol. The van der Waals surface area contributed by atoms with Gasteiger partial charge in [-0.2, -0.15) is 0 Å². The Labute approximate surface area is 83.9 Å². The number of hydrogen-bond donors (Lipinski definition) is 3. The number of aliphatic carboxylic acids is 1. The van der Waals surface area contributed by atoms with Gasteiger partial charge in [0.25, 0.3) is 0 Å². The average Bonchev–Trinajstić information content (AvgIpc) is 2.15. The van der Waals surface area contributed by atoms with E-state index in [4.69, 9.17) is 5.11 Å². The molecule has 0 heterocycles. The van der Waals surface area contributed by atoms with Crippen molar-refractivity contribution in [2.75, 3.05) is 13.6 Å². The molecule has 0 aliphatic heterocycles. The number of carboxylic acids is 1. The quantitative estimate of drug-likeness (QED) is 0.541.